The fourth-order valence-electron chi connectivity index (χ4n) is 1.49. The van der Waals surface area contributed by atoms with E-state index >= 15 is 0 Å². The molecule has 0 amide bonds. The summed E-state index contributed by atoms with van der Waals surface area (Å²) in [6.45, 7) is 7.31. The summed E-state index contributed by atoms with van der Waals surface area (Å²) in [6.07, 6.45) is 1.35. The van der Waals surface area contributed by atoms with Gasteiger partial charge in [0, 0.05) is 12.7 Å². The second-order valence-electron chi connectivity index (χ2n) is 5.14. The Kier molecular flexibility index (Phi) is 5.21. The van der Waals surface area contributed by atoms with Gasteiger partial charge in [0.2, 0.25) is 0 Å². The van der Waals surface area contributed by atoms with Gasteiger partial charge in [-0.1, -0.05) is 0 Å². The van der Waals surface area contributed by atoms with Crippen LogP contribution < -0.4 is 5.73 Å². The summed E-state index contributed by atoms with van der Waals surface area (Å²) in [5.41, 5.74) is 5.68. The molecule has 1 aromatic rings. The number of rotatable bonds is 4. The van der Waals surface area contributed by atoms with Crippen LogP contribution in [0.1, 0.15) is 54.1 Å². The monoisotopic (exact) mass is 280 g/mol. The highest BCUT2D eigenvalue weighted by molar-refractivity contribution is 5.95. The minimum atomic E-state index is -0.617. The first-order chi connectivity index (χ1) is 9.28. The van der Waals surface area contributed by atoms with Crippen LogP contribution >= 0.6 is 0 Å². The van der Waals surface area contributed by atoms with Gasteiger partial charge < -0.3 is 15.2 Å². The smallest absolute Gasteiger partial charge is 0.340 e. The van der Waals surface area contributed by atoms with Crippen LogP contribution in [0.15, 0.2) is 12.3 Å². The summed E-state index contributed by atoms with van der Waals surface area (Å²) in [5, 5.41) is 0. The highest BCUT2D eigenvalue weighted by atomic mass is 16.6. The van der Waals surface area contributed by atoms with E-state index in [9.17, 15) is 9.59 Å². The molecule has 0 aliphatic carbocycles. The standard InChI is InChI=1S/C14H20N2O4/c1-5-19-13(18)10-6-9(8-16-11(10)7-15)12(17)20-14(2,3)4/h6,8H,5,7,15H2,1-4H3. The van der Waals surface area contributed by atoms with Gasteiger partial charge in [0.25, 0.3) is 0 Å². The number of aromatic nitrogens is 1. The number of nitrogens with two attached hydrogens (primary N) is 1. The zero-order chi connectivity index (χ0) is 15.3. The van der Waals surface area contributed by atoms with Crippen molar-refractivity contribution in [3.63, 3.8) is 0 Å². The maximum atomic E-state index is 11.9. The molecule has 20 heavy (non-hydrogen) atoms. The largest absolute Gasteiger partial charge is 0.462 e. The van der Waals surface area contributed by atoms with Crippen LogP contribution in [0, 0.1) is 0 Å². The van der Waals surface area contributed by atoms with Crippen molar-refractivity contribution >= 4 is 11.9 Å². The Balaban J connectivity index is 3.09. The molecule has 0 aliphatic rings. The van der Waals surface area contributed by atoms with Gasteiger partial charge in [-0.25, -0.2) is 9.59 Å². The molecule has 1 aromatic heterocycles. The number of carbonyl (C=O) groups excluding carboxylic acids is 2. The third-order valence-corrected chi connectivity index (χ3v) is 2.29. The van der Waals surface area contributed by atoms with Crippen LogP contribution in [-0.4, -0.2) is 29.1 Å². The van der Waals surface area contributed by atoms with Crippen LogP contribution in [0.25, 0.3) is 0 Å². The van der Waals surface area contributed by atoms with Gasteiger partial charge in [-0.05, 0) is 33.8 Å². The first-order valence-electron chi connectivity index (χ1n) is 6.38. The van der Waals surface area contributed by atoms with E-state index < -0.39 is 17.5 Å². The summed E-state index contributed by atoms with van der Waals surface area (Å²) >= 11 is 0. The lowest BCUT2D eigenvalue weighted by Gasteiger charge is -2.19. The molecular formula is C14H20N2O4. The first-order valence-corrected chi connectivity index (χ1v) is 6.38. The Morgan fingerprint density at radius 2 is 1.95 bits per heavy atom. The number of hydrogen-bond acceptors (Lipinski definition) is 6. The average molecular weight is 280 g/mol. The second kappa shape index (κ2) is 6.47. The highest BCUT2D eigenvalue weighted by Crippen LogP contribution is 2.15. The summed E-state index contributed by atoms with van der Waals surface area (Å²) < 4.78 is 10.1. The van der Waals surface area contributed by atoms with Gasteiger partial charge in [-0.3, -0.25) is 4.98 Å². The fourth-order valence-corrected chi connectivity index (χ4v) is 1.49. The predicted octanol–water partition coefficient (Wildman–Crippen LogP) is 1.67. The topological polar surface area (TPSA) is 91.5 Å². The number of hydrogen-bond donors (Lipinski definition) is 1. The molecule has 1 heterocycles. The van der Waals surface area contributed by atoms with E-state index in [1.165, 1.54) is 12.3 Å². The van der Waals surface area contributed by atoms with Crippen LogP contribution in [0.4, 0.5) is 0 Å². The van der Waals surface area contributed by atoms with Gasteiger partial charge in [0.15, 0.2) is 0 Å². The Bertz CT molecular complexity index is 506. The SMILES string of the molecule is CCOC(=O)c1cc(C(=O)OC(C)(C)C)cnc1CN. The zero-order valence-corrected chi connectivity index (χ0v) is 12.2. The normalized spacial score (nSPS) is 11.1. The van der Waals surface area contributed by atoms with E-state index in [0.717, 1.165) is 0 Å². The molecule has 0 unspecified atom stereocenters. The van der Waals surface area contributed by atoms with Gasteiger partial charge in [0.05, 0.1) is 23.4 Å². The molecule has 1 rings (SSSR count). The molecule has 0 radical (unpaired) electrons. The van der Waals surface area contributed by atoms with Crippen molar-refractivity contribution in [3.8, 4) is 0 Å². The lowest BCUT2D eigenvalue weighted by molar-refractivity contribution is 0.00690. The van der Waals surface area contributed by atoms with E-state index in [1.54, 1.807) is 27.7 Å². The second-order valence-corrected chi connectivity index (χ2v) is 5.14. The van der Waals surface area contributed by atoms with Gasteiger partial charge in [-0.15, -0.1) is 0 Å². The summed E-state index contributed by atoms with van der Waals surface area (Å²) in [6, 6.07) is 1.40. The van der Waals surface area contributed by atoms with Crippen molar-refractivity contribution in [3.05, 3.63) is 29.1 Å². The summed E-state index contributed by atoms with van der Waals surface area (Å²) in [4.78, 5) is 27.8. The predicted molar refractivity (Wildman–Crippen MR) is 73.3 cm³/mol. The van der Waals surface area contributed by atoms with E-state index in [4.69, 9.17) is 15.2 Å². The maximum absolute atomic E-state index is 11.9. The molecule has 110 valence electrons. The molecule has 0 fully saturated rings. The molecular weight excluding hydrogens is 260 g/mol. The zero-order valence-electron chi connectivity index (χ0n) is 12.2. The summed E-state index contributed by atoms with van der Waals surface area (Å²) in [5.74, 6) is -1.09. The number of esters is 2. The minimum absolute atomic E-state index is 0.0861. The molecule has 0 aliphatic heterocycles. The molecule has 6 heteroatoms. The lowest BCUT2D eigenvalue weighted by Crippen LogP contribution is -2.24. The number of carbonyl (C=O) groups is 2. The van der Waals surface area contributed by atoms with Gasteiger partial charge in [-0.2, -0.15) is 0 Å². The van der Waals surface area contributed by atoms with Crippen molar-refractivity contribution in [1.82, 2.24) is 4.98 Å². The molecule has 2 N–H and O–H groups in total. The van der Waals surface area contributed by atoms with Gasteiger partial charge >= 0.3 is 11.9 Å². The quantitative estimate of drug-likeness (QED) is 0.843. The molecule has 0 saturated carbocycles. The number of ether oxygens (including phenoxy) is 2. The Hall–Kier alpha value is -1.95. The molecule has 0 aromatic carbocycles. The highest BCUT2D eigenvalue weighted by Gasteiger charge is 2.21. The summed E-state index contributed by atoms with van der Waals surface area (Å²) in [7, 11) is 0. The van der Waals surface area contributed by atoms with Crippen LogP contribution in [-0.2, 0) is 16.0 Å². The van der Waals surface area contributed by atoms with Crippen molar-refractivity contribution < 1.29 is 19.1 Å². The van der Waals surface area contributed by atoms with E-state index in [0.29, 0.717) is 5.69 Å². The van der Waals surface area contributed by atoms with E-state index in [1.807, 2.05) is 0 Å². The van der Waals surface area contributed by atoms with Crippen LogP contribution in [0.3, 0.4) is 0 Å². The molecule has 0 atom stereocenters. The Morgan fingerprint density at radius 1 is 1.30 bits per heavy atom. The Morgan fingerprint density at radius 3 is 2.45 bits per heavy atom. The molecule has 0 bridgehead atoms. The van der Waals surface area contributed by atoms with Crippen molar-refractivity contribution in [2.45, 2.75) is 39.8 Å². The Labute approximate surface area is 118 Å². The van der Waals surface area contributed by atoms with E-state index in [-0.39, 0.29) is 24.3 Å². The van der Waals surface area contributed by atoms with Crippen molar-refractivity contribution in [2.24, 2.45) is 5.73 Å². The van der Waals surface area contributed by atoms with Crippen molar-refractivity contribution in [1.29, 1.82) is 0 Å². The lowest BCUT2D eigenvalue weighted by atomic mass is 10.1. The third kappa shape index (κ3) is 4.31. The van der Waals surface area contributed by atoms with Crippen molar-refractivity contribution in [2.75, 3.05) is 6.61 Å². The number of nitrogens with zero attached hydrogens (tertiary/aromatic N) is 1. The van der Waals surface area contributed by atoms with Gasteiger partial charge in [0.1, 0.15) is 5.60 Å². The minimum Gasteiger partial charge on any atom is -0.462 e. The van der Waals surface area contributed by atoms with E-state index in [2.05, 4.69) is 4.98 Å². The first kappa shape index (κ1) is 16.1. The molecule has 6 nitrogen and oxygen atoms in total. The maximum Gasteiger partial charge on any atom is 0.340 e. The average Bonchev–Trinajstić information content (AvgIpc) is 2.36. The third-order valence-electron chi connectivity index (χ3n) is 2.29. The van der Waals surface area contributed by atoms with Crippen LogP contribution in [0.5, 0.6) is 0 Å². The fraction of sp³-hybridized carbons (Fsp3) is 0.500. The molecule has 0 saturated heterocycles. The molecule has 0 spiro atoms. The number of pyridine rings is 1. The van der Waals surface area contributed by atoms with Crippen LogP contribution in [0.2, 0.25) is 0 Å².